The molecule has 0 rings (SSSR count). The monoisotopic (exact) mass is 274 g/mol. The molecule has 0 saturated carbocycles. The van der Waals surface area contributed by atoms with Crippen LogP contribution in [-0.2, 0) is 4.37 Å². The molecule has 0 heterocycles. The summed E-state index contributed by atoms with van der Waals surface area (Å²) < 4.78 is 42.1. The van der Waals surface area contributed by atoms with Crippen molar-refractivity contribution in [2.45, 2.75) is 20.8 Å². The fourth-order valence-electron chi connectivity index (χ4n) is 0.612. The molecule has 0 aromatic heterocycles. The third-order valence-electron chi connectivity index (χ3n) is 1.22. The zero-order chi connectivity index (χ0) is 12.9. The van der Waals surface area contributed by atoms with E-state index in [4.69, 9.17) is 23.2 Å². The molecule has 0 aliphatic carbocycles. The molecule has 0 radical (unpaired) electrons. The zero-order valence-corrected chi connectivity index (χ0v) is 10.6. The lowest BCUT2D eigenvalue weighted by Crippen LogP contribution is -2.11. The highest BCUT2D eigenvalue weighted by molar-refractivity contribution is 6.50. The maximum atomic E-state index is 9.75. The molecule has 15 heavy (non-hydrogen) atoms. The predicted molar refractivity (Wildman–Crippen MR) is 59.5 cm³/mol. The fraction of sp³-hybridized carbons (Fsp3) is 1.00. The zero-order valence-electron chi connectivity index (χ0n) is 9.08. The van der Waals surface area contributed by atoms with Crippen LogP contribution in [0.15, 0.2) is 0 Å². The van der Waals surface area contributed by atoms with Gasteiger partial charge in [-0.25, -0.2) is 0 Å². The van der Waals surface area contributed by atoms with Crippen LogP contribution in [0.5, 0.6) is 0 Å². The Morgan fingerprint density at radius 3 is 1.00 bits per heavy atom. The van der Waals surface area contributed by atoms with Gasteiger partial charge < -0.3 is 21.6 Å². The Morgan fingerprint density at radius 1 is 0.867 bits per heavy atom. The standard InChI is InChI=1S/C6H15O.CH2Cl2.BF4/c1-4-7(5-2)6-3;2-1-3;2-1(3,4)5/h4-6H2,1-3H3;1H2;/q+1;;-1. The van der Waals surface area contributed by atoms with Crippen molar-refractivity contribution in [3.05, 3.63) is 0 Å². The first kappa shape index (κ1) is 20.7. The van der Waals surface area contributed by atoms with Crippen molar-refractivity contribution >= 4 is 30.5 Å². The Bertz CT molecular complexity index is 100. The maximum Gasteiger partial charge on any atom is 0.673 e. The molecule has 0 aliphatic heterocycles. The van der Waals surface area contributed by atoms with E-state index < -0.39 is 7.25 Å². The van der Waals surface area contributed by atoms with Crippen LogP contribution in [0.1, 0.15) is 20.8 Å². The van der Waals surface area contributed by atoms with Gasteiger partial charge in [-0.3, -0.25) is 0 Å². The first-order valence-electron chi connectivity index (χ1n) is 4.39. The SMILES string of the molecule is CC[O+](CC)CC.ClCCl.F[B-](F)(F)F. The van der Waals surface area contributed by atoms with E-state index >= 15 is 0 Å². The highest BCUT2D eigenvalue weighted by atomic mass is 35.5. The van der Waals surface area contributed by atoms with Crippen LogP contribution in [0.4, 0.5) is 17.3 Å². The van der Waals surface area contributed by atoms with Gasteiger partial charge in [0, 0.05) is 20.8 Å². The lowest BCUT2D eigenvalue weighted by atomic mass is 10.3. The summed E-state index contributed by atoms with van der Waals surface area (Å²) in [6.07, 6.45) is 0. The van der Waals surface area contributed by atoms with Gasteiger partial charge in [-0.05, 0) is 0 Å². The van der Waals surface area contributed by atoms with Gasteiger partial charge in [0.2, 0.25) is 0 Å². The Balaban J connectivity index is -0.000000158. The van der Waals surface area contributed by atoms with E-state index in [0.717, 1.165) is 19.8 Å². The van der Waals surface area contributed by atoms with E-state index in [9.17, 15) is 17.3 Å². The first-order chi connectivity index (χ1) is 6.76. The third kappa shape index (κ3) is 54.4. The van der Waals surface area contributed by atoms with Crippen LogP contribution in [-0.4, -0.2) is 32.4 Å². The van der Waals surface area contributed by atoms with E-state index in [-0.39, 0.29) is 5.34 Å². The van der Waals surface area contributed by atoms with Crippen LogP contribution >= 0.6 is 23.2 Å². The Hall–Kier alpha value is 0.325. The average molecular weight is 275 g/mol. The van der Waals surface area contributed by atoms with Gasteiger partial charge in [-0.2, -0.15) is 0 Å². The van der Waals surface area contributed by atoms with Crippen LogP contribution in [0.2, 0.25) is 0 Å². The summed E-state index contributed by atoms with van der Waals surface area (Å²) in [5.74, 6) is 0. The van der Waals surface area contributed by atoms with Gasteiger partial charge in [-0.15, -0.1) is 23.2 Å². The highest BCUT2D eigenvalue weighted by Gasteiger charge is 2.20. The minimum atomic E-state index is -6.00. The second-order valence-electron chi connectivity index (χ2n) is 2.07. The van der Waals surface area contributed by atoms with Crippen LogP contribution in [0.3, 0.4) is 0 Å². The fourth-order valence-corrected chi connectivity index (χ4v) is 0.612. The van der Waals surface area contributed by atoms with E-state index in [1.165, 1.54) is 0 Å². The summed E-state index contributed by atoms with van der Waals surface area (Å²) in [6.45, 7) is 9.76. The lowest BCUT2D eigenvalue weighted by Gasteiger charge is -2.11. The van der Waals surface area contributed by atoms with Gasteiger partial charge >= 0.3 is 7.25 Å². The molecule has 96 valence electrons. The molecule has 0 N–H and O–H groups in total. The maximum absolute atomic E-state index is 9.75. The summed E-state index contributed by atoms with van der Waals surface area (Å²) in [4.78, 5) is 0. The van der Waals surface area contributed by atoms with Gasteiger partial charge in [0.25, 0.3) is 0 Å². The van der Waals surface area contributed by atoms with Gasteiger partial charge in [-0.1, -0.05) is 0 Å². The van der Waals surface area contributed by atoms with Crippen LogP contribution < -0.4 is 0 Å². The minimum absolute atomic E-state index is 0.194. The van der Waals surface area contributed by atoms with Crippen LogP contribution in [0, 0.1) is 0 Å². The van der Waals surface area contributed by atoms with E-state index in [2.05, 4.69) is 25.1 Å². The molecule has 1 nitrogen and oxygen atoms in total. The molecule has 0 aromatic carbocycles. The van der Waals surface area contributed by atoms with E-state index in [1.807, 2.05) is 0 Å². The molecule has 0 bridgehead atoms. The molecule has 0 atom stereocenters. The smallest absolute Gasteiger partial charge is 0.422 e. The summed E-state index contributed by atoms with van der Waals surface area (Å²) in [7, 11) is -6.00. The number of alkyl halides is 2. The molecule has 0 unspecified atom stereocenters. The van der Waals surface area contributed by atoms with Crippen LogP contribution in [0.25, 0.3) is 0 Å². The van der Waals surface area contributed by atoms with Gasteiger partial charge in [0.05, 0.1) is 5.34 Å². The molecule has 0 aliphatic rings. The normalized spacial score (nSPS) is 10.0. The van der Waals surface area contributed by atoms with Crippen molar-refractivity contribution in [2.24, 2.45) is 0 Å². The Morgan fingerprint density at radius 2 is 1.00 bits per heavy atom. The van der Waals surface area contributed by atoms with E-state index in [1.54, 1.807) is 0 Å². The molecule has 0 amide bonds. The number of hydrogen-bond donors (Lipinski definition) is 0. The first-order valence-corrected chi connectivity index (χ1v) is 5.46. The number of halogens is 6. The predicted octanol–water partition coefficient (Wildman–Crippen LogP) is 4.32. The largest absolute Gasteiger partial charge is 0.673 e. The highest BCUT2D eigenvalue weighted by Crippen LogP contribution is 2.06. The average Bonchev–Trinajstić information content (AvgIpc) is 2.06. The molecular formula is C7H17BCl2F4O. The molecule has 0 aromatic rings. The van der Waals surface area contributed by atoms with Crippen molar-refractivity contribution in [2.75, 3.05) is 25.2 Å². The molecule has 0 fully saturated rings. The van der Waals surface area contributed by atoms with Crippen molar-refractivity contribution in [3.8, 4) is 0 Å². The minimum Gasteiger partial charge on any atom is -0.422 e. The second kappa shape index (κ2) is 14.3. The third-order valence-corrected chi connectivity index (χ3v) is 1.22. The Kier molecular flexibility index (Phi) is 19.8. The van der Waals surface area contributed by atoms with Gasteiger partial charge in [0.1, 0.15) is 19.8 Å². The summed E-state index contributed by atoms with van der Waals surface area (Å²) >= 11 is 9.53. The Labute approximate surface area is 98.5 Å². The van der Waals surface area contributed by atoms with Crippen molar-refractivity contribution < 1.29 is 21.6 Å². The summed E-state index contributed by atoms with van der Waals surface area (Å²) in [5, 5.41) is 0.194. The topological polar surface area (TPSA) is 2.70 Å². The molecule has 8 heteroatoms. The van der Waals surface area contributed by atoms with E-state index in [0.29, 0.717) is 0 Å². The molecular weight excluding hydrogens is 258 g/mol. The summed E-state index contributed by atoms with van der Waals surface area (Å²) in [5.41, 5.74) is 0. The quantitative estimate of drug-likeness (QED) is 0.312. The number of rotatable bonds is 3. The lowest BCUT2D eigenvalue weighted by molar-refractivity contribution is -0.119. The van der Waals surface area contributed by atoms with Crippen molar-refractivity contribution in [1.82, 2.24) is 0 Å². The molecule has 0 spiro atoms. The number of hydrogen-bond acceptors (Lipinski definition) is 0. The van der Waals surface area contributed by atoms with Crippen molar-refractivity contribution in [3.63, 3.8) is 0 Å². The second-order valence-corrected chi connectivity index (χ2v) is 2.88. The van der Waals surface area contributed by atoms with Crippen molar-refractivity contribution in [1.29, 1.82) is 0 Å². The summed E-state index contributed by atoms with van der Waals surface area (Å²) in [6, 6.07) is 0. The molecule has 0 saturated heterocycles. The van der Waals surface area contributed by atoms with Gasteiger partial charge in [0.15, 0.2) is 0 Å².